The zero-order valence-electron chi connectivity index (χ0n) is 10.3. The molecular formula is C14H11BrN2O3. The number of hydrogen-bond acceptors (Lipinski definition) is 3. The highest BCUT2D eigenvalue weighted by Gasteiger charge is 2.10. The third-order valence-corrected chi connectivity index (χ3v) is 3.18. The lowest BCUT2D eigenvalue weighted by molar-refractivity contribution is 0.0697. The average Bonchev–Trinajstić information content (AvgIpc) is 2.41. The van der Waals surface area contributed by atoms with Gasteiger partial charge >= 0.3 is 5.97 Å². The van der Waals surface area contributed by atoms with E-state index in [1.54, 1.807) is 24.3 Å². The van der Waals surface area contributed by atoms with Crippen LogP contribution in [-0.2, 0) is 0 Å². The molecule has 5 nitrogen and oxygen atoms in total. The smallest absolute Gasteiger partial charge is 0.335 e. The minimum atomic E-state index is -1.07. The fourth-order valence-electron chi connectivity index (χ4n) is 1.61. The van der Waals surface area contributed by atoms with Crippen molar-refractivity contribution in [1.29, 1.82) is 0 Å². The van der Waals surface area contributed by atoms with Gasteiger partial charge < -0.3 is 16.2 Å². The Hall–Kier alpha value is -2.34. The van der Waals surface area contributed by atoms with E-state index in [0.717, 1.165) is 4.47 Å². The monoisotopic (exact) mass is 334 g/mol. The zero-order valence-corrected chi connectivity index (χ0v) is 11.8. The lowest BCUT2D eigenvalue weighted by Crippen LogP contribution is -2.13. The quantitative estimate of drug-likeness (QED) is 0.752. The van der Waals surface area contributed by atoms with Crippen LogP contribution in [0.2, 0.25) is 0 Å². The van der Waals surface area contributed by atoms with Crippen LogP contribution in [0.1, 0.15) is 20.7 Å². The Labute approximate surface area is 123 Å². The van der Waals surface area contributed by atoms with E-state index in [1.165, 1.54) is 18.2 Å². The fourth-order valence-corrected chi connectivity index (χ4v) is 1.87. The van der Waals surface area contributed by atoms with Crippen molar-refractivity contribution in [2.75, 3.05) is 11.1 Å². The second-order valence-electron chi connectivity index (χ2n) is 4.07. The van der Waals surface area contributed by atoms with Crippen molar-refractivity contribution in [2.24, 2.45) is 0 Å². The van der Waals surface area contributed by atoms with Crippen LogP contribution in [0.4, 0.5) is 11.4 Å². The van der Waals surface area contributed by atoms with Crippen LogP contribution in [0.3, 0.4) is 0 Å². The first kappa shape index (κ1) is 14.1. The summed E-state index contributed by atoms with van der Waals surface area (Å²) in [5.74, 6) is -1.38. The number of benzene rings is 2. The van der Waals surface area contributed by atoms with Crippen molar-refractivity contribution in [2.45, 2.75) is 0 Å². The van der Waals surface area contributed by atoms with E-state index in [1.807, 2.05) is 0 Å². The van der Waals surface area contributed by atoms with E-state index in [-0.39, 0.29) is 17.2 Å². The van der Waals surface area contributed by atoms with E-state index in [4.69, 9.17) is 10.8 Å². The second kappa shape index (κ2) is 5.75. The van der Waals surface area contributed by atoms with Gasteiger partial charge in [0.1, 0.15) is 0 Å². The highest BCUT2D eigenvalue weighted by Crippen LogP contribution is 2.21. The van der Waals surface area contributed by atoms with E-state index in [2.05, 4.69) is 21.2 Å². The highest BCUT2D eigenvalue weighted by atomic mass is 79.9. The molecule has 0 fully saturated rings. The number of anilines is 2. The Morgan fingerprint density at radius 2 is 1.65 bits per heavy atom. The summed E-state index contributed by atoms with van der Waals surface area (Å²) in [5.41, 5.74) is 6.86. The summed E-state index contributed by atoms with van der Waals surface area (Å²) in [4.78, 5) is 22.8. The van der Waals surface area contributed by atoms with Crippen molar-refractivity contribution in [3.63, 3.8) is 0 Å². The van der Waals surface area contributed by atoms with Gasteiger partial charge in [0.15, 0.2) is 0 Å². The number of nitrogens with one attached hydrogen (secondary N) is 1. The first-order chi connectivity index (χ1) is 9.47. The van der Waals surface area contributed by atoms with Gasteiger partial charge in [0, 0.05) is 10.0 Å². The Morgan fingerprint density at radius 3 is 2.20 bits per heavy atom. The molecular weight excluding hydrogens is 324 g/mol. The van der Waals surface area contributed by atoms with Crippen molar-refractivity contribution < 1.29 is 14.7 Å². The summed E-state index contributed by atoms with van der Waals surface area (Å²) in [7, 11) is 0. The minimum Gasteiger partial charge on any atom is -0.478 e. The van der Waals surface area contributed by atoms with Gasteiger partial charge in [-0.15, -0.1) is 0 Å². The number of carboxylic acids is 1. The molecule has 0 heterocycles. The third-order valence-electron chi connectivity index (χ3n) is 2.65. The van der Waals surface area contributed by atoms with Gasteiger partial charge in [-0.05, 0) is 42.5 Å². The predicted molar refractivity (Wildman–Crippen MR) is 79.9 cm³/mol. The zero-order chi connectivity index (χ0) is 14.7. The first-order valence-electron chi connectivity index (χ1n) is 5.67. The summed E-state index contributed by atoms with van der Waals surface area (Å²) < 4.78 is 0.874. The standard InChI is InChI=1S/C14H11BrN2O3/c15-10-4-1-8(2-5-10)13(18)17-12-6-3-9(14(19)20)7-11(12)16/h1-7H,16H2,(H,17,18)(H,19,20). The van der Waals surface area contributed by atoms with Crippen LogP contribution in [0.25, 0.3) is 0 Å². The molecule has 4 N–H and O–H groups in total. The number of rotatable bonds is 3. The number of amides is 1. The molecule has 0 aliphatic heterocycles. The van der Waals surface area contributed by atoms with Gasteiger partial charge in [-0.2, -0.15) is 0 Å². The Morgan fingerprint density at radius 1 is 1.05 bits per heavy atom. The van der Waals surface area contributed by atoms with Gasteiger partial charge in [0.2, 0.25) is 0 Å². The number of carbonyl (C=O) groups excluding carboxylic acids is 1. The Bertz CT molecular complexity index is 669. The van der Waals surface area contributed by atoms with Crippen LogP contribution < -0.4 is 11.1 Å². The fraction of sp³-hybridized carbons (Fsp3) is 0. The molecule has 2 rings (SSSR count). The number of carbonyl (C=O) groups is 2. The minimum absolute atomic E-state index is 0.0733. The maximum absolute atomic E-state index is 12.0. The van der Waals surface area contributed by atoms with Crippen molar-refractivity contribution >= 4 is 39.2 Å². The summed E-state index contributed by atoms with van der Waals surface area (Å²) in [5, 5.41) is 11.5. The molecule has 0 bridgehead atoms. The maximum atomic E-state index is 12.0. The lowest BCUT2D eigenvalue weighted by Gasteiger charge is -2.09. The number of aromatic carboxylic acids is 1. The van der Waals surface area contributed by atoms with Gasteiger partial charge in [-0.25, -0.2) is 4.79 Å². The molecule has 20 heavy (non-hydrogen) atoms. The second-order valence-corrected chi connectivity index (χ2v) is 4.98. The molecule has 0 unspecified atom stereocenters. The molecule has 2 aromatic rings. The Balaban J connectivity index is 2.19. The van der Waals surface area contributed by atoms with E-state index < -0.39 is 5.97 Å². The van der Waals surface area contributed by atoms with E-state index in [0.29, 0.717) is 11.3 Å². The SMILES string of the molecule is Nc1cc(C(=O)O)ccc1NC(=O)c1ccc(Br)cc1. The summed E-state index contributed by atoms with van der Waals surface area (Å²) in [6, 6.07) is 11.0. The topological polar surface area (TPSA) is 92.4 Å². The molecule has 6 heteroatoms. The molecule has 102 valence electrons. The first-order valence-corrected chi connectivity index (χ1v) is 6.46. The van der Waals surface area contributed by atoms with E-state index in [9.17, 15) is 9.59 Å². The van der Waals surface area contributed by atoms with Crippen molar-refractivity contribution in [3.8, 4) is 0 Å². The van der Waals surface area contributed by atoms with Crippen LogP contribution in [0.5, 0.6) is 0 Å². The lowest BCUT2D eigenvalue weighted by atomic mass is 10.1. The molecule has 0 aromatic heterocycles. The molecule has 0 saturated heterocycles. The van der Waals surface area contributed by atoms with Gasteiger partial charge in [0.05, 0.1) is 16.9 Å². The number of nitrogens with two attached hydrogens (primary N) is 1. The van der Waals surface area contributed by atoms with Crippen LogP contribution >= 0.6 is 15.9 Å². The molecule has 0 spiro atoms. The van der Waals surface area contributed by atoms with Crippen molar-refractivity contribution in [1.82, 2.24) is 0 Å². The maximum Gasteiger partial charge on any atom is 0.335 e. The predicted octanol–water partition coefficient (Wildman–Crippen LogP) is 2.98. The van der Waals surface area contributed by atoms with Crippen molar-refractivity contribution in [3.05, 3.63) is 58.1 Å². The number of carboxylic acid groups (broad SMARTS) is 1. The van der Waals surface area contributed by atoms with Crippen LogP contribution in [0, 0.1) is 0 Å². The summed E-state index contributed by atoms with van der Waals surface area (Å²) in [6.45, 7) is 0. The average molecular weight is 335 g/mol. The molecule has 1 amide bonds. The molecule has 0 saturated carbocycles. The van der Waals surface area contributed by atoms with Crippen LogP contribution in [-0.4, -0.2) is 17.0 Å². The molecule has 0 aliphatic carbocycles. The van der Waals surface area contributed by atoms with Gasteiger partial charge in [0.25, 0.3) is 5.91 Å². The molecule has 0 aliphatic rings. The highest BCUT2D eigenvalue weighted by molar-refractivity contribution is 9.10. The number of nitrogen functional groups attached to an aromatic ring is 1. The van der Waals surface area contributed by atoms with Gasteiger partial charge in [-0.3, -0.25) is 4.79 Å². The molecule has 0 radical (unpaired) electrons. The van der Waals surface area contributed by atoms with Gasteiger partial charge in [-0.1, -0.05) is 15.9 Å². The largest absolute Gasteiger partial charge is 0.478 e. The Kier molecular flexibility index (Phi) is 4.05. The summed E-state index contributed by atoms with van der Waals surface area (Å²) in [6.07, 6.45) is 0. The molecule has 0 atom stereocenters. The number of hydrogen-bond donors (Lipinski definition) is 3. The van der Waals surface area contributed by atoms with Crippen LogP contribution in [0.15, 0.2) is 46.9 Å². The summed E-state index contributed by atoms with van der Waals surface area (Å²) >= 11 is 3.29. The molecule has 2 aromatic carbocycles. The normalized spacial score (nSPS) is 10.1. The third kappa shape index (κ3) is 3.16. The number of halogens is 1. The van der Waals surface area contributed by atoms with E-state index >= 15 is 0 Å².